The van der Waals surface area contributed by atoms with Crippen molar-refractivity contribution in [3.8, 4) is 17.1 Å². The van der Waals surface area contributed by atoms with E-state index in [0.29, 0.717) is 23.0 Å². The van der Waals surface area contributed by atoms with Crippen LogP contribution in [0.15, 0.2) is 24.9 Å². The maximum Gasteiger partial charge on any atom is 0.179 e. The smallest absolute Gasteiger partial charge is 0.179 e. The lowest BCUT2D eigenvalue weighted by Gasteiger charge is -2.04. The molecule has 0 aromatic carbocycles. The van der Waals surface area contributed by atoms with Crippen molar-refractivity contribution >= 4 is 5.82 Å². The van der Waals surface area contributed by atoms with Gasteiger partial charge in [-0.15, -0.1) is 0 Å². The monoisotopic (exact) mass is 203 g/mol. The van der Waals surface area contributed by atoms with Crippen molar-refractivity contribution in [2.24, 2.45) is 0 Å². The second kappa shape index (κ2) is 3.87. The van der Waals surface area contributed by atoms with Crippen molar-refractivity contribution in [1.29, 1.82) is 0 Å². The highest BCUT2D eigenvalue weighted by Crippen LogP contribution is 2.20. The van der Waals surface area contributed by atoms with Gasteiger partial charge in [0.1, 0.15) is 6.33 Å². The van der Waals surface area contributed by atoms with Gasteiger partial charge in [0.15, 0.2) is 17.4 Å². The second-order valence-electron chi connectivity index (χ2n) is 2.77. The third kappa shape index (κ3) is 1.83. The first-order valence-corrected chi connectivity index (χ1v) is 4.23. The molecular weight excluding hydrogens is 194 g/mol. The van der Waals surface area contributed by atoms with Crippen molar-refractivity contribution in [3.63, 3.8) is 0 Å². The van der Waals surface area contributed by atoms with Crippen LogP contribution in [-0.4, -0.2) is 27.0 Å². The molecule has 2 aromatic heterocycles. The van der Waals surface area contributed by atoms with Gasteiger partial charge in [-0.2, -0.15) is 0 Å². The number of hydrogen-bond donors (Lipinski definition) is 1. The largest absolute Gasteiger partial charge is 0.491 e. The van der Waals surface area contributed by atoms with Gasteiger partial charge in [0.05, 0.1) is 18.9 Å². The second-order valence-corrected chi connectivity index (χ2v) is 2.77. The van der Waals surface area contributed by atoms with E-state index in [1.165, 1.54) is 19.6 Å². The molecule has 0 saturated heterocycles. The van der Waals surface area contributed by atoms with Crippen LogP contribution < -0.4 is 10.5 Å². The van der Waals surface area contributed by atoms with Crippen LogP contribution in [0.3, 0.4) is 0 Å². The molecule has 0 amide bonds. The van der Waals surface area contributed by atoms with Gasteiger partial charge in [0, 0.05) is 12.4 Å². The van der Waals surface area contributed by atoms with E-state index in [2.05, 4.69) is 19.9 Å². The molecule has 0 aliphatic heterocycles. The molecule has 0 unspecified atom stereocenters. The van der Waals surface area contributed by atoms with Crippen molar-refractivity contribution in [2.75, 3.05) is 12.8 Å². The van der Waals surface area contributed by atoms with E-state index in [0.717, 1.165) is 0 Å². The van der Waals surface area contributed by atoms with Crippen LogP contribution in [0.1, 0.15) is 0 Å². The summed E-state index contributed by atoms with van der Waals surface area (Å²) in [6.45, 7) is 0. The Morgan fingerprint density at radius 3 is 2.53 bits per heavy atom. The number of nitrogen functional groups attached to an aromatic ring is 1. The van der Waals surface area contributed by atoms with E-state index in [-0.39, 0.29) is 0 Å². The van der Waals surface area contributed by atoms with Gasteiger partial charge in [0.2, 0.25) is 0 Å². The normalized spacial score (nSPS) is 9.93. The number of anilines is 1. The lowest BCUT2D eigenvalue weighted by molar-refractivity contribution is 0.413. The van der Waals surface area contributed by atoms with Crippen LogP contribution >= 0.6 is 0 Å². The highest BCUT2D eigenvalue weighted by Gasteiger charge is 2.06. The Hall–Kier alpha value is -2.24. The molecule has 0 bridgehead atoms. The zero-order valence-electron chi connectivity index (χ0n) is 8.08. The summed E-state index contributed by atoms with van der Waals surface area (Å²) in [4.78, 5) is 15.9. The van der Waals surface area contributed by atoms with Crippen LogP contribution in [0.4, 0.5) is 5.82 Å². The number of nitrogens with two attached hydrogens (primary N) is 1. The Bertz CT molecular complexity index is 459. The SMILES string of the molecule is COc1cnc(-c2cncnc2)nc1N. The molecule has 2 aromatic rings. The molecule has 2 N–H and O–H groups in total. The average molecular weight is 203 g/mol. The van der Waals surface area contributed by atoms with Gasteiger partial charge >= 0.3 is 0 Å². The topological polar surface area (TPSA) is 86.8 Å². The van der Waals surface area contributed by atoms with Crippen molar-refractivity contribution in [2.45, 2.75) is 0 Å². The summed E-state index contributed by atoms with van der Waals surface area (Å²) >= 11 is 0. The molecule has 15 heavy (non-hydrogen) atoms. The molecular formula is C9H9N5O. The van der Waals surface area contributed by atoms with E-state index < -0.39 is 0 Å². The van der Waals surface area contributed by atoms with Crippen molar-refractivity contribution < 1.29 is 4.74 Å². The maximum atomic E-state index is 5.65. The Labute approximate surface area is 86.2 Å². The summed E-state index contributed by atoms with van der Waals surface area (Å²) in [5, 5.41) is 0. The van der Waals surface area contributed by atoms with E-state index in [4.69, 9.17) is 10.5 Å². The molecule has 0 aliphatic rings. The quantitative estimate of drug-likeness (QED) is 0.765. The van der Waals surface area contributed by atoms with Crippen LogP contribution in [0.2, 0.25) is 0 Å². The van der Waals surface area contributed by atoms with E-state index in [1.807, 2.05) is 0 Å². The molecule has 2 rings (SSSR count). The maximum absolute atomic E-state index is 5.65. The van der Waals surface area contributed by atoms with Crippen LogP contribution in [0.5, 0.6) is 5.75 Å². The third-order valence-corrected chi connectivity index (χ3v) is 1.82. The number of methoxy groups -OCH3 is 1. The first kappa shape index (κ1) is 9.32. The minimum Gasteiger partial charge on any atom is -0.491 e. The minimum atomic E-state index is 0.298. The molecule has 0 saturated carbocycles. The molecule has 0 spiro atoms. The predicted molar refractivity (Wildman–Crippen MR) is 54.0 cm³/mol. The van der Waals surface area contributed by atoms with Crippen molar-refractivity contribution in [3.05, 3.63) is 24.9 Å². The van der Waals surface area contributed by atoms with Gasteiger partial charge in [0.25, 0.3) is 0 Å². The van der Waals surface area contributed by atoms with Gasteiger partial charge in [-0.3, -0.25) is 0 Å². The molecule has 0 aliphatic carbocycles. The summed E-state index contributed by atoms with van der Waals surface area (Å²) < 4.78 is 4.95. The highest BCUT2D eigenvalue weighted by molar-refractivity contribution is 5.56. The first-order chi connectivity index (χ1) is 7.31. The Morgan fingerprint density at radius 2 is 1.93 bits per heavy atom. The standard InChI is InChI=1S/C9H9N5O/c1-15-7-4-13-9(14-8(7)10)6-2-11-5-12-3-6/h2-5H,1H3,(H2,10,13,14). The zero-order chi connectivity index (χ0) is 10.7. The molecule has 6 nitrogen and oxygen atoms in total. The van der Waals surface area contributed by atoms with Crippen LogP contribution in [0.25, 0.3) is 11.4 Å². The lowest BCUT2D eigenvalue weighted by atomic mass is 10.3. The molecule has 6 heteroatoms. The van der Waals surface area contributed by atoms with Gasteiger partial charge in [-0.05, 0) is 0 Å². The van der Waals surface area contributed by atoms with E-state index in [9.17, 15) is 0 Å². The molecule has 2 heterocycles. The van der Waals surface area contributed by atoms with Crippen LogP contribution in [0, 0.1) is 0 Å². The summed E-state index contributed by atoms with van der Waals surface area (Å²) in [6.07, 6.45) is 6.20. The Balaban J connectivity index is 2.43. The highest BCUT2D eigenvalue weighted by atomic mass is 16.5. The number of hydrogen-bond acceptors (Lipinski definition) is 6. The van der Waals surface area contributed by atoms with Crippen LogP contribution in [-0.2, 0) is 0 Å². The number of aromatic nitrogens is 4. The average Bonchev–Trinajstić information content (AvgIpc) is 2.30. The fourth-order valence-corrected chi connectivity index (χ4v) is 1.09. The number of rotatable bonds is 2. The molecule has 76 valence electrons. The van der Waals surface area contributed by atoms with Gasteiger partial charge in [-0.1, -0.05) is 0 Å². The van der Waals surface area contributed by atoms with Gasteiger partial charge in [-0.25, -0.2) is 19.9 Å². The van der Waals surface area contributed by atoms with Crippen molar-refractivity contribution in [1.82, 2.24) is 19.9 Å². The fraction of sp³-hybridized carbons (Fsp3) is 0.111. The van der Waals surface area contributed by atoms with E-state index in [1.54, 1.807) is 12.4 Å². The van der Waals surface area contributed by atoms with E-state index >= 15 is 0 Å². The van der Waals surface area contributed by atoms with Gasteiger partial charge < -0.3 is 10.5 Å². The predicted octanol–water partition coefficient (Wildman–Crippen LogP) is 0.524. The Morgan fingerprint density at radius 1 is 1.20 bits per heavy atom. The summed E-state index contributed by atoms with van der Waals surface area (Å²) in [6, 6.07) is 0. The summed E-state index contributed by atoms with van der Waals surface area (Å²) in [5.41, 5.74) is 6.37. The summed E-state index contributed by atoms with van der Waals surface area (Å²) in [5.74, 6) is 1.23. The molecule has 0 radical (unpaired) electrons. The molecule has 0 atom stereocenters. The Kier molecular flexibility index (Phi) is 2.40. The number of nitrogens with zero attached hydrogens (tertiary/aromatic N) is 4. The fourth-order valence-electron chi connectivity index (χ4n) is 1.09. The molecule has 0 fully saturated rings. The number of ether oxygens (including phenoxy) is 1. The zero-order valence-corrected chi connectivity index (χ0v) is 8.08. The third-order valence-electron chi connectivity index (χ3n) is 1.82. The lowest BCUT2D eigenvalue weighted by Crippen LogP contribution is -1.99. The first-order valence-electron chi connectivity index (χ1n) is 4.23. The minimum absolute atomic E-state index is 0.298. The summed E-state index contributed by atoms with van der Waals surface area (Å²) in [7, 11) is 1.51.